The van der Waals surface area contributed by atoms with E-state index in [-0.39, 0.29) is 29.6 Å². The molecule has 126 valence electrons. The Morgan fingerprint density at radius 3 is 2.44 bits per heavy atom. The maximum Gasteiger partial charge on any atom is 0.135 e. The lowest BCUT2D eigenvalue weighted by atomic mass is 9.83. The van der Waals surface area contributed by atoms with E-state index in [1.165, 1.54) is 5.56 Å². The number of hydrogen-bond donors (Lipinski definition) is 0. The number of fused-ring (bicyclic) bond motifs is 3. The van der Waals surface area contributed by atoms with Crippen molar-refractivity contribution >= 4 is 21.9 Å². The number of hydrogen-bond acceptors (Lipinski definition) is 1. The Kier molecular flexibility index (Phi) is 2.75. The lowest BCUT2D eigenvalue weighted by Gasteiger charge is -2.20. The summed E-state index contributed by atoms with van der Waals surface area (Å²) in [6.45, 7) is 8.21. The average molecular weight is 332 g/mol. The van der Waals surface area contributed by atoms with E-state index in [9.17, 15) is 0 Å². The van der Waals surface area contributed by atoms with Crippen LogP contribution in [0.25, 0.3) is 21.9 Å². The van der Waals surface area contributed by atoms with Gasteiger partial charge in [-0.15, -0.1) is 0 Å². The zero-order chi connectivity index (χ0) is 21.1. The molecule has 1 aromatic heterocycles. The Morgan fingerprint density at radius 2 is 1.68 bits per heavy atom. The molecule has 0 N–H and O–H groups in total. The first-order valence-corrected chi connectivity index (χ1v) is 8.60. The normalized spacial score (nSPS) is 14.4. The van der Waals surface area contributed by atoms with Crippen LogP contribution in [0.4, 0.5) is 0 Å². The van der Waals surface area contributed by atoms with Gasteiger partial charge in [-0.2, -0.15) is 0 Å². The minimum absolute atomic E-state index is 0.0357. The summed E-state index contributed by atoms with van der Waals surface area (Å²) in [6.07, 6.45) is 0.356. The van der Waals surface area contributed by atoms with Crippen LogP contribution in [-0.2, 0) is 11.8 Å². The van der Waals surface area contributed by atoms with E-state index in [4.69, 9.17) is 9.90 Å². The third kappa shape index (κ3) is 2.84. The number of furan rings is 1. The largest absolute Gasteiger partial charge is 0.456 e. The van der Waals surface area contributed by atoms with Crippen LogP contribution < -0.4 is 0 Å². The summed E-state index contributed by atoms with van der Waals surface area (Å²) in [5, 5.41) is 2.08. The minimum atomic E-state index is -0.117. The Bertz CT molecular complexity index is 1230. The summed E-state index contributed by atoms with van der Waals surface area (Å²) in [7, 11) is 0. The summed E-state index contributed by atoms with van der Waals surface area (Å²) in [5.41, 5.74) is 4.64. The van der Waals surface area contributed by atoms with E-state index < -0.39 is 0 Å². The van der Waals surface area contributed by atoms with Crippen LogP contribution in [0.1, 0.15) is 48.5 Å². The molecule has 0 saturated heterocycles. The summed E-state index contributed by atoms with van der Waals surface area (Å²) in [4.78, 5) is 0. The predicted octanol–water partition coefficient (Wildman–Crippen LogP) is 6.78. The van der Waals surface area contributed by atoms with Gasteiger partial charge >= 0.3 is 0 Å². The number of rotatable bonds is 2. The van der Waals surface area contributed by atoms with Gasteiger partial charge in [-0.25, -0.2) is 0 Å². The second kappa shape index (κ2) is 5.77. The molecule has 0 atom stereocenters. The van der Waals surface area contributed by atoms with Gasteiger partial charge in [0.15, 0.2) is 0 Å². The SMILES string of the molecule is [2H]c1c([2H])c(C)c([2H])c(Cc2cccc3oc4cccc(C(C)(C)C)c4c23)c1[2H]. The molecule has 0 aliphatic rings. The van der Waals surface area contributed by atoms with Gasteiger partial charge in [0.05, 0.1) is 5.48 Å². The third-order valence-corrected chi connectivity index (χ3v) is 4.59. The fourth-order valence-corrected chi connectivity index (χ4v) is 3.48. The fraction of sp³-hybridized carbons (Fsp3) is 0.250. The zero-order valence-electron chi connectivity index (χ0n) is 19.1. The van der Waals surface area contributed by atoms with Gasteiger partial charge < -0.3 is 4.42 Å². The van der Waals surface area contributed by atoms with Gasteiger partial charge in [0, 0.05) is 10.8 Å². The van der Waals surface area contributed by atoms with Crippen molar-refractivity contribution in [3.05, 3.63) is 82.8 Å². The van der Waals surface area contributed by atoms with Gasteiger partial charge in [0.2, 0.25) is 0 Å². The molecule has 4 rings (SSSR count). The molecule has 0 unspecified atom stereocenters. The first-order valence-electron chi connectivity index (χ1n) is 10.6. The molecule has 0 aliphatic heterocycles. The molecule has 4 aromatic rings. The van der Waals surface area contributed by atoms with Gasteiger partial charge in [-0.3, -0.25) is 0 Å². The van der Waals surface area contributed by atoms with E-state index >= 15 is 0 Å². The second-order valence-electron chi connectivity index (χ2n) is 7.60. The van der Waals surface area contributed by atoms with Crippen LogP contribution in [0.5, 0.6) is 0 Å². The minimum Gasteiger partial charge on any atom is -0.456 e. The monoisotopic (exact) mass is 332 g/mol. The van der Waals surface area contributed by atoms with Crippen LogP contribution >= 0.6 is 0 Å². The lowest BCUT2D eigenvalue weighted by Crippen LogP contribution is -2.11. The Morgan fingerprint density at radius 1 is 0.960 bits per heavy atom. The lowest BCUT2D eigenvalue weighted by molar-refractivity contribution is 0.594. The molecule has 0 aliphatic carbocycles. The predicted molar refractivity (Wildman–Crippen MR) is 106 cm³/mol. The van der Waals surface area contributed by atoms with E-state index in [0.29, 0.717) is 17.5 Å². The highest BCUT2D eigenvalue weighted by molar-refractivity contribution is 6.09. The first kappa shape index (κ1) is 11.9. The van der Waals surface area contributed by atoms with Crippen molar-refractivity contribution in [2.45, 2.75) is 39.5 Å². The standard InChI is InChI=1S/C24H24O/c1-16-8-5-9-17(14-16)15-18-10-6-12-20-22(18)23-19(24(2,3)4)11-7-13-21(23)25-20/h5-14H,15H2,1-4H3/i5D,8D,9D,14D. The molecule has 25 heavy (non-hydrogen) atoms. The Balaban J connectivity index is 2.02. The topological polar surface area (TPSA) is 13.1 Å². The van der Waals surface area contributed by atoms with E-state index in [0.717, 1.165) is 27.5 Å². The van der Waals surface area contributed by atoms with Crippen LogP contribution in [0.2, 0.25) is 0 Å². The van der Waals surface area contributed by atoms with Gasteiger partial charge in [-0.05, 0) is 47.6 Å². The van der Waals surface area contributed by atoms with Gasteiger partial charge in [0.25, 0.3) is 0 Å². The molecular formula is C24H24O. The van der Waals surface area contributed by atoms with E-state index in [1.807, 2.05) is 30.3 Å². The summed E-state index contributed by atoms with van der Waals surface area (Å²) in [6, 6.07) is 12.0. The molecule has 0 spiro atoms. The van der Waals surface area contributed by atoms with Crippen molar-refractivity contribution in [2.24, 2.45) is 0 Å². The quantitative estimate of drug-likeness (QED) is 0.394. The fourth-order valence-electron chi connectivity index (χ4n) is 3.48. The molecule has 3 aromatic carbocycles. The maximum atomic E-state index is 8.45. The smallest absolute Gasteiger partial charge is 0.135 e. The van der Waals surface area contributed by atoms with Crippen molar-refractivity contribution in [3.8, 4) is 0 Å². The molecule has 0 saturated carbocycles. The van der Waals surface area contributed by atoms with E-state index in [2.05, 4.69) is 26.8 Å². The van der Waals surface area contributed by atoms with Crippen molar-refractivity contribution < 1.29 is 9.90 Å². The van der Waals surface area contributed by atoms with Crippen LogP contribution in [0.3, 0.4) is 0 Å². The molecule has 1 heterocycles. The number of benzene rings is 3. The molecule has 1 heteroatoms. The molecule has 0 amide bonds. The van der Waals surface area contributed by atoms with Gasteiger partial charge in [-0.1, -0.05) is 74.8 Å². The Labute approximate surface area is 154 Å². The summed E-state index contributed by atoms with van der Waals surface area (Å²) in [5.74, 6) is 0. The van der Waals surface area contributed by atoms with Crippen molar-refractivity contribution in [3.63, 3.8) is 0 Å². The Hall–Kier alpha value is -2.54. The summed E-state index contributed by atoms with van der Waals surface area (Å²) < 4.78 is 39.0. The second-order valence-corrected chi connectivity index (χ2v) is 7.60. The zero-order valence-corrected chi connectivity index (χ0v) is 15.1. The highest BCUT2D eigenvalue weighted by Crippen LogP contribution is 2.38. The van der Waals surface area contributed by atoms with Crippen molar-refractivity contribution in [1.82, 2.24) is 0 Å². The molecule has 0 bridgehead atoms. The maximum absolute atomic E-state index is 8.45. The van der Waals surface area contributed by atoms with Crippen molar-refractivity contribution in [1.29, 1.82) is 0 Å². The molecule has 0 fully saturated rings. The van der Waals surface area contributed by atoms with E-state index in [1.54, 1.807) is 6.92 Å². The van der Waals surface area contributed by atoms with Crippen LogP contribution in [0.15, 0.2) is 65.0 Å². The first-order chi connectivity index (χ1) is 13.6. The molecular weight excluding hydrogens is 304 g/mol. The third-order valence-electron chi connectivity index (χ3n) is 4.59. The van der Waals surface area contributed by atoms with Crippen LogP contribution in [-0.4, -0.2) is 0 Å². The molecule has 1 nitrogen and oxygen atoms in total. The average Bonchev–Trinajstić information content (AvgIpc) is 3.06. The highest BCUT2D eigenvalue weighted by Gasteiger charge is 2.21. The van der Waals surface area contributed by atoms with Crippen molar-refractivity contribution in [2.75, 3.05) is 0 Å². The van der Waals surface area contributed by atoms with Crippen LogP contribution in [0, 0.1) is 6.92 Å². The molecule has 0 radical (unpaired) electrons. The highest BCUT2D eigenvalue weighted by atomic mass is 16.3. The van der Waals surface area contributed by atoms with Gasteiger partial charge in [0.1, 0.15) is 11.2 Å². The summed E-state index contributed by atoms with van der Waals surface area (Å²) >= 11 is 0.